The van der Waals surface area contributed by atoms with Crippen LogP contribution >= 0.6 is 0 Å². The van der Waals surface area contributed by atoms with Crippen LogP contribution in [-0.4, -0.2) is 54.3 Å². The molecule has 0 radical (unpaired) electrons. The molecule has 1 heterocycles. The molecule has 7 nitrogen and oxygen atoms in total. The number of aliphatic carboxylic acids is 1. The molecule has 1 aromatic carbocycles. The number of rotatable bonds is 5. The average molecular weight is 293 g/mol. The van der Waals surface area contributed by atoms with E-state index in [9.17, 15) is 14.7 Å². The van der Waals surface area contributed by atoms with Crippen molar-refractivity contribution in [1.82, 2.24) is 15.7 Å². The Labute approximate surface area is 122 Å². The fourth-order valence-electron chi connectivity index (χ4n) is 2.06. The number of nitrogens with one attached hydrogen (secondary N) is 2. The zero-order valence-corrected chi connectivity index (χ0v) is 11.6. The third kappa shape index (κ3) is 4.73. The number of hydroxylamine groups is 1. The van der Waals surface area contributed by atoms with E-state index in [0.717, 1.165) is 5.56 Å². The van der Waals surface area contributed by atoms with Gasteiger partial charge in [-0.2, -0.15) is 0 Å². The number of benzene rings is 1. The maximum absolute atomic E-state index is 11.8. The number of carboxylic acids is 1. The van der Waals surface area contributed by atoms with Gasteiger partial charge in [-0.05, 0) is 5.56 Å². The van der Waals surface area contributed by atoms with Crippen molar-refractivity contribution < 1.29 is 19.5 Å². The highest BCUT2D eigenvalue weighted by Gasteiger charge is 2.23. The highest BCUT2D eigenvalue weighted by Crippen LogP contribution is 2.04. The minimum atomic E-state index is -1.06. The average Bonchev–Trinajstić information content (AvgIpc) is 2.52. The topological polar surface area (TPSA) is 90.9 Å². The molecule has 1 aromatic rings. The van der Waals surface area contributed by atoms with Crippen molar-refractivity contribution in [2.24, 2.45) is 0 Å². The van der Waals surface area contributed by atoms with Gasteiger partial charge in [-0.15, -0.1) is 5.48 Å². The molecule has 1 unspecified atom stereocenters. The molecular weight excluding hydrogens is 274 g/mol. The molecule has 1 aliphatic rings. The minimum absolute atomic E-state index is 0.241. The molecule has 0 aliphatic carbocycles. The van der Waals surface area contributed by atoms with Gasteiger partial charge in [0.05, 0.1) is 0 Å². The van der Waals surface area contributed by atoms with Gasteiger partial charge in [0, 0.05) is 32.6 Å². The second kappa shape index (κ2) is 7.61. The van der Waals surface area contributed by atoms with Crippen LogP contribution in [0.4, 0.5) is 4.79 Å². The van der Waals surface area contributed by atoms with Crippen LogP contribution in [0.2, 0.25) is 0 Å². The first-order chi connectivity index (χ1) is 10.2. The van der Waals surface area contributed by atoms with E-state index < -0.39 is 18.1 Å². The first kappa shape index (κ1) is 15.3. The molecular formula is C14H19N3O4. The Balaban J connectivity index is 1.85. The molecule has 1 fully saturated rings. The van der Waals surface area contributed by atoms with Crippen LogP contribution in [0, 0.1) is 0 Å². The first-order valence-corrected chi connectivity index (χ1v) is 6.85. The lowest BCUT2D eigenvalue weighted by atomic mass is 10.1. The van der Waals surface area contributed by atoms with E-state index in [1.54, 1.807) is 0 Å². The summed E-state index contributed by atoms with van der Waals surface area (Å²) in [6, 6.07) is 8.21. The number of carbonyl (C=O) groups is 2. The van der Waals surface area contributed by atoms with Gasteiger partial charge in [0.25, 0.3) is 0 Å². The standard InChI is InChI=1S/C14H19N3O4/c18-13(19)12(10-11-4-2-1-3-5-11)16-21-14(20)17-8-6-15-7-9-17/h1-5,12,15-16H,6-10H2,(H,18,19). The van der Waals surface area contributed by atoms with Crippen LogP contribution in [-0.2, 0) is 16.1 Å². The fraction of sp³-hybridized carbons (Fsp3) is 0.429. The molecule has 1 saturated heterocycles. The van der Waals surface area contributed by atoms with Gasteiger partial charge in [0.2, 0.25) is 0 Å². The highest BCUT2D eigenvalue weighted by atomic mass is 16.7. The largest absolute Gasteiger partial charge is 0.480 e. The van der Waals surface area contributed by atoms with E-state index in [4.69, 9.17) is 4.84 Å². The molecule has 3 N–H and O–H groups in total. The smallest absolute Gasteiger partial charge is 0.428 e. The Bertz CT molecular complexity index is 474. The minimum Gasteiger partial charge on any atom is -0.480 e. The lowest BCUT2D eigenvalue weighted by Crippen LogP contribution is -2.49. The molecule has 1 aliphatic heterocycles. The van der Waals surface area contributed by atoms with E-state index in [-0.39, 0.29) is 6.42 Å². The van der Waals surface area contributed by atoms with E-state index in [1.807, 2.05) is 30.3 Å². The summed E-state index contributed by atoms with van der Waals surface area (Å²) in [7, 11) is 0. The number of amides is 1. The second-order valence-electron chi connectivity index (χ2n) is 4.80. The van der Waals surface area contributed by atoms with Crippen LogP contribution in [0.3, 0.4) is 0 Å². The van der Waals surface area contributed by atoms with Crippen molar-refractivity contribution >= 4 is 12.1 Å². The fourth-order valence-corrected chi connectivity index (χ4v) is 2.06. The SMILES string of the molecule is O=C(O)C(Cc1ccccc1)NOC(=O)N1CCNCC1. The van der Waals surface area contributed by atoms with Crippen LogP contribution in [0.15, 0.2) is 30.3 Å². The summed E-state index contributed by atoms with van der Waals surface area (Å²) in [6.45, 7) is 2.52. The lowest BCUT2D eigenvalue weighted by molar-refractivity contribution is -0.142. The van der Waals surface area contributed by atoms with Gasteiger partial charge in [-0.3, -0.25) is 4.79 Å². The quantitative estimate of drug-likeness (QED) is 0.673. The summed E-state index contributed by atoms with van der Waals surface area (Å²) < 4.78 is 0. The predicted octanol–water partition coefficient (Wildman–Crippen LogP) is 0.229. The van der Waals surface area contributed by atoms with Crippen molar-refractivity contribution in [3.05, 3.63) is 35.9 Å². The van der Waals surface area contributed by atoms with Crippen molar-refractivity contribution in [3.8, 4) is 0 Å². The summed E-state index contributed by atoms with van der Waals surface area (Å²) in [5.41, 5.74) is 3.21. The summed E-state index contributed by atoms with van der Waals surface area (Å²) in [5, 5.41) is 12.3. The molecule has 0 bridgehead atoms. The third-order valence-corrected chi connectivity index (χ3v) is 3.24. The second-order valence-corrected chi connectivity index (χ2v) is 4.80. The Morgan fingerprint density at radius 2 is 1.95 bits per heavy atom. The third-order valence-electron chi connectivity index (χ3n) is 3.24. The van der Waals surface area contributed by atoms with E-state index in [2.05, 4.69) is 10.8 Å². The van der Waals surface area contributed by atoms with E-state index in [0.29, 0.717) is 26.2 Å². The first-order valence-electron chi connectivity index (χ1n) is 6.85. The van der Waals surface area contributed by atoms with Crippen LogP contribution < -0.4 is 10.8 Å². The van der Waals surface area contributed by atoms with E-state index in [1.165, 1.54) is 4.90 Å². The number of nitrogens with zero attached hydrogens (tertiary/aromatic N) is 1. The van der Waals surface area contributed by atoms with E-state index >= 15 is 0 Å². The summed E-state index contributed by atoms with van der Waals surface area (Å²) in [5.74, 6) is -1.06. The maximum atomic E-state index is 11.8. The van der Waals surface area contributed by atoms with Gasteiger partial charge >= 0.3 is 12.1 Å². The number of hydrogen-bond donors (Lipinski definition) is 3. The number of carboxylic acid groups (broad SMARTS) is 1. The zero-order chi connectivity index (χ0) is 15.1. The Morgan fingerprint density at radius 1 is 1.29 bits per heavy atom. The maximum Gasteiger partial charge on any atom is 0.428 e. The van der Waals surface area contributed by atoms with Crippen molar-refractivity contribution in [1.29, 1.82) is 0 Å². The Kier molecular flexibility index (Phi) is 5.53. The van der Waals surface area contributed by atoms with Gasteiger partial charge in [-0.25, -0.2) is 4.79 Å². The molecule has 1 amide bonds. The normalized spacial score (nSPS) is 16.3. The molecule has 0 aromatic heterocycles. The highest BCUT2D eigenvalue weighted by molar-refractivity contribution is 5.74. The predicted molar refractivity (Wildman–Crippen MR) is 75.6 cm³/mol. The Hall–Kier alpha value is -2.12. The molecule has 0 saturated carbocycles. The van der Waals surface area contributed by atoms with Crippen LogP contribution in [0.1, 0.15) is 5.56 Å². The monoisotopic (exact) mass is 293 g/mol. The lowest BCUT2D eigenvalue weighted by Gasteiger charge is -2.26. The van der Waals surface area contributed by atoms with Crippen LogP contribution in [0.25, 0.3) is 0 Å². The molecule has 21 heavy (non-hydrogen) atoms. The molecule has 114 valence electrons. The van der Waals surface area contributed by atoms with Gasteiger partial charge in [-0.1, -0.05) is 30.3 Å². The van der Waals surface area contributed by atoms with Crippen molar-refractivity contribution in [2.75, 3.05) is 26.2 Å². The Morgan fingerprint density at radius 3 is 2.57 bits per heavy atom. The van der Waals surface area contributed by atoms with Crippen molar-refractivity contribution in [3.63, 3.8) is 0 Å². The van der Waals surface area contributed by atoms with Crippen molar-refractivity contribution in [2.45, 2.75) is 12.5 Å². The molecule has 2 rings (SSSR count). The number of piperazine rings is 1. The molecule has 7 heteroatoms. The van der Waals surface area contributed by atoms with Gasteiger partial charge in [0.1, 0.15) is 6.04 Å². The molecule has 1 atom stereocenters. The number of hydrogen-bond acceptors (Lipinski definition) is 5. The number of carbonyl (C=O) groups excluding carboxylic acids is 1. The zero-order valence-electron chi connectivity index (χ0n) is 11.6. The van der Waals surface area contributed by atoms with Crippen LogP contribution in [0.5, 0.6) is 0 Å². The van der Waals surface area contributed by atoms with Gasteiger partial charge < -0.3 is 20.2 Å². The molecule has 0 spiro atoms. The van der Waals surface area contributed by atoms with Gasteiger partial charge in [0.15, 0.2) is 0 Å². The summed E-state index contributed by atoms with van der Waals surface area (Å²) in [4.78, 5) is 29.5. The summed E-state index contributed by atoms with van der Waals surface area (Å²) in [6.07, 6.45) is -0.304. The summed E-state index contributed by atoms with van der Waals surface area (Å²) >= 11 is 0.